The van der Waals surface area contributed by atoms with Gasteiger partial charge in [-0.1, -0.05) is 36.4 Å². The van der Waals surface area contributed by atoms with E-state index in [0.717, 1.165) is 30.8 Å². The molecule has 1 atom stereocenters. The molecule has 0 aliphatic rings. The van der Waals surface area contributed by atoms with E-state index in [9.17, 15) is 0 Å². The number of aryl methyl sites for hydroxylation is 1. The van der Waals surface area contributed by atoms with Crippen LogP contribution in [0.5, 0.6) is 11.5 Å². The van der Waals surface area contributed by atoms with Crippen molar-refractivity contribution in [3.05, 3.63) is 59.7 Å². The summed E-state index contributed by atoms with van der Waals surface area (Å²) in [6.45, 7) is 0.622. The summed E-state index contributed by atoms with van der Waals surface area (Å²) in [5.74, 6) is 1.97. The second-order valence-corrected chi connectivity index (χ2v) is 5.42. The third kappa shape index (κ3) is 4.25. The largest absolute Gasteiger partial charge is 0.497 e. The summed E-state index contributed by atoms with van der Waals surface area (Å²) in [4.78, 5) is 0. The fourth-order valence-electron chi connectivity index (χ4n) is 2.75. The molecule has 2 aromatic rings. The Morgan fingerprint density at radius 3 is 2.41 bits per heavy atom. The summed E-state index contributed by atoms with van der Waals surface area (Å²) in [6, 6.07) is 16.5. The number of hydrogen-bond donors (Lipinski definition) is 1. The van der Waals surface area contributed by atoms with Crippen LogP contribution < -0.4 is 15.2 Å². The zero-order valence-corrected chi connectivity index (χ0v) is 13.4. The van der Waals surface area contributed by atoms with E-state index in [1.165, 1.54) is 11.1 Å². The Bertz CT molecular complexity index is 569. The van der Waals surface area contributed by atoms with Crippen molar-refractivity contribution in [1.29, 1.82) is 0 Å². The highest BCUT2D eigenvalue weighted by molar-refractivity contribution is 5.43. The van der Waals surface area contributed by atoms with E-state index in [1.807, 2.05) is 12.1 Å². The molecule has 0 saturated heterocycles. The zero-order valence-electron chi connectivity index (χ0n) is 13.4. The van der Waals surface area contributed by atoms with Gasteiger partial charge in [0.1, 0.15) is 11.5 Å². The molecule has 2 aromatic carbocycles. The molecule has 3 nitrogen and oxygen atoms in total. The summed E-state index contributed by atoms with van der Waals surface area (Å²) >= 11 is 0. The predicted molar refractivity (Wildman–Crippen MR) is 90.7 cm³/mol. The Morgan fingerprint density at radius 1 is 1.00 bits per heavy atom. The van der Waals surface area contributed by atoms with E-state index in [1.54, 1.807) is 14.2 Å². The molecule has 0 aromatic heterocycles. The van der Waals surface area contributed by atoms with Gasteiger partial charge < -0.3 is 15.2 Å². The van der Waals surface area contributed by atoms with E-state index in [4.69, 9.17) is 15.2 Å². The van der Waals surface area contributed by atoms with Crippen molar-refractivity contribution in [2.75, 3.05) is 20.8 Å². The van der Waals surface area contributed by atoms with Crippen molar-refractivity contribution in [1.82, 2.24) is 0 Å². The van der Waals surface area contributed by atoms with Crippen LogP contribution in [-0.2, 0) is 6.42 Å². The molecule has 1 unspecified atom stereocenters. The third-order valence-corrected chi connectivity index (χ3v) is 4.03. The highest BCUT2D eigenvalue weighted by atomic mass is 16.5. The highest BCUT2D eigenvalue weighted by Crippen LogP contribution is 2.32. The third-order valence-electron chi connectivity index (χ3n) is 4.03. The van der Waals surface area contributed by atoms with Gasteiger partial charge in [0.05, 0.1) is 14.2 Å². The Labute approximate surface area is 133 Å². The van der Waals surface area contributed by atoms with Crippen LogP contribution in [0.2, 0.25) is 0 Å². The van der Waals surface area contributed by atoms with Crippen LogP contribution >= 0.6 is 0 Å². The quantitative estimate of drug-likeness (QED) is 0.807. The molecule has 0 aliphatic heterocycles. The van der Waals surface area contributed by atoms with Gasteiger partial charge in [0, 0.05) is 6.07 Å². The van der Waals surface area contributed by atoms with Crippen molar-refractivity contribution in [2.45, 2.75) is 25.2 Å². The molecule has 0 amide bonds. The molecule has 0 bridgehead atoms. The predicted octanol–water partition coefficient (Wildman–Crippen LogP) is 3.77. The Hall–Kier alpha value is -2.00. The standard InChI is InChI=1S/C19H25NO2/c1-21-17-11-12-18(19(13-17)22-2)16(14-20)10-6-9-15-7-4-3-5-8-15/h3-5,7-8,11-13,16H,6,9-10,14,20H2,1-2H3. The van der Waals surface area contributed by atoms with Crippen molar-refractivity contribution >= 4 is 0 Å². The van der Waals surface area contributed by atoms with E-state index >= 15 is 0 Å². The van der Waals surface area contributed by atoms with Crippen LogP contribution in [0.3, 0.4) is 0 Å². The van der Waals surface area contributed by atoms with Gasteiger partial charge in [0.15, 0.2) is 0 Å². The Balaban J connectivity index is 2.02. The number of nitrogens with two attached hydrogens (primary N) is 1. The number of ether oxygens (including phenoxy) is 2. The van der Waals surface area contributed by atoms with Gasteiger partial charge in [-0.2, -0.15) is 0 Å². The van der Waals surface area contributed by atoms with E-state index < -0.39 is 0 Å². The molecule has 0 saturated carbocycles. The fourth-order valence-corrected chi connectivity index (χ4v) is 2.75. The summed E-state index contributed by atoms with van der Waals surface area (Å²) in [6.07, 6.45) is 3.24. The molecular weight excluding hydrogens is 274 g/mol. The van der Waals surface area contributed by atoms with E-state index in [-0.39, 0.29) is 0 Å². The summed E-state index contributed by atoms with van der Waals surface area (Å²) < 4.78 is 10.8. The fraction of sp³-hybridized carbons (Fsp3) is 0.368. The second kappa shape index (κ2) is 8.44. The van der Waals surface area contributed by atoms with Gasteiger partial charge in [0.2, 0.25) is 0 Å². The van der Waals surface area contributed by atoms with Gasteiger partial charge >= 0.3 is 0 Å². The molecule has 22 heavy (non-hydrogen) atoms. The highest BCUT2D eigenvalue weighted by Gasteiger charge is 2.15. The molecule has 2 N–H and O–H groups in total. The van der Waals surface area contributed by atoms with Gasteiger partial charge in [-0.3, -0.25) is 0 Å². The first-order valence-corrected chi connectivity index (χ1v) is 7.74. The maximum atomic E-state index is 5.99. The molecule has 0 spiro atoms. The van der Waals surface area contributed by atoms with Crippen molar-refractivity contribution in [3.63, 3.8) is 0 Å². The second-order valence-electron chi connectivity index (χ2n) is 5.42. The molecule has 2 rings (SSSR count). The molecule has 0 fully saturated rings. The maximum Gasteiger partial charge on any atom is 0.126 e. The minimum absolute atomic E-state index is 0.310. The smallest absolute Gasteiger partial charge is 0.126 e. The van der Waals surface area contributed by atoms with Crippen LogP contribution in [-0.4, -0.2) is 20.8 Å². The molecule has 0 aliphatic carbocycles. The van der Waals surface area contributed by atoms with Crippen LogP contribution in [0, 0.1) is 0 Å². The Morgan fingerprint density at radius 2 is 1.77 bits per heavy atom. The van der Waals surface area contributed by atoms with Crippen molar-refractivity contribution in [2.24, 2.45) is 5.73 Å². The van der Waals surface area contributed by atoms with Crippen LogP contribution in [0.15, 0.2) is 48.5 Å². The minimum Gasteiger partial charge on any atom is -0.497 e. The maximum absolute atomic E-state index is 5.99. The molecule has 0 heterocycles. The van der Waals surface area contributed by atoms with Crippen molar-refractivity contribution < 1.29 is 9.47 Å². The first-order valence-electron chi connectivity index (χ1n) is 7.74. The lowest BCUT2D eigenvalue weighted by Gasteiger charge is -2.19. The van der Waals surface area contributed by atoms with Crippen LogP contribution in [0.1, 0.15) is 29.9 Å². The molecule has 0 radical (unpaired) electrons. The first-order chi connectivity index (χ1) is 10.8. The number of benzene rings is 2. The lowest BCUT2D eigenvalue weighted by atomic mass is 9.92. The zero-order chi connectivity index (χ0) is 15.8. The van der Waals surface area contributed by atoms with Gasteiger partial charge in [-0.05, 0) is 48.9 Å². The number of hydrogen-bond acceptors (Lipinski definition) is 3. The first kappa shape index (κ1) is 16.4. The van der Waals surface area contributed by atoms with Crippen LogP contribution in [0.4, 0.5) is 0 Å². The molecular formula is C19H25NO2. The number of methoxy groups -OCH3 is 2. The lowest BCUT2D eigenvalue weighted by Crippen LogP contribution is -2.14. The van der Waals surface area contributed by atoms with Gasteiger partial charge in [0.25, 0.3) is 0 Å². The average molecular weight is 299 g/mol. The summed E-state index contributed by atoms with van der Waals surface area (Å²) in [7, 11) is 3.35. The van der Waals surface area contributed by atoms with E-state index in [0.29, 0.717) is 12.5 Å². The van der Waals surface area contributed by atoms with E-state index in [2.05, 4.69) is 36.4 Å². The van der Waals surface area contributed by atoms with Crippen LogP contribution in [0.25, 0.3) is 0 Å². The summed E-state index contributed by atoms with van der Waals surface area (Å²) in [5.41, 5.74) is 8.53. The molecule has 118 valence electrons. The Kier molecular flexibility index (Phi) is 6.28. The normalized spacial score (nSPS) is 12.0. The van der Waals surface area contributed by atoms with Gasteiger partial charge in [-0.15, -0.1) is 0 Å². The van der Waals surface area contributed by atoms with Gasteiger partial charge in [-0.25, -0.2) is 0 Å². The lowest BCUT2D eigenvalue weighted by molar-refractivity contribution is 0.387. The monoisotopic (exact) mass is 299 g/mol. The average Bonchev–Trinajstić information content (AvgIpc) is 2.59. The minimum atomic E-state index is 0.310. The number of rotatable bonds is 8. The SMILES string of the molecule is COc1ccc(C(CN)CCCc2ccccc2)c(OC)c1. The van der Waals surface area contributed by atoms with Crippen molar-refractivity contribution in [3.8, 4) is 11.5 Å². The summed E-state index contributed by atoms with van der Waals surface area (Å²) in [5, 5.41) is 0. The topological polar surface area (TPSA) is 44.5 Å². The molecule has 3 heteroatoms.